The minimum atomic E-state index is -4.76. The zero-order valence-corrected chi connectivity index (χ0v) is 25.8. The van der Waals surface area contributed by atoms with Crippen molar-refractivity contribution in [3.63, 3.8) is 0 Å². The number of hydrogen-bond donors (Lipinski definition) is 0. The normalized spacial score (nSPS) is 18.7. The number of benzene rings is 2. The smallest absolute Gasteiger partial charge is 0.417 e. The van der Waals surface area contributed by atoms with Gasteiger partial charge in [0.1, 0.15) is 11.4 Å². The second-order valence-electron chi connectivity index (χ2n) is 13.0. The number of aromatic nitrogens is 2. The van der Waals surface area contributed by atoms with Crippen LogP contribution in [0.5, 0.6) is 0 Å². The number of carbonyl (C=O) groups is 1. The van der Waals surface area contributed by atoms with Crippen LogP contribution in [0.15, 0.2) is 53.3 Å². The van der Waals surface area contributed by atoms with Crippen molar-refractivity contribution in [2.45, 2.75) is 90.0 Å². The monoisotopic (exact) mass is 589 g/mol. The van der Waals surface area contributed by atoms with Crippen LogP contribution in [0.1, 0.15) is 65.4 Å². The molecule has 3 aromatic rings. The van der Waals surface area contributed by atoms with E-state index in [1.165, 1.54) is 21.6 Å². The molecule has 222 valence electrons. The highest BCUT2D eigenvalue weighted by Crippen LogP contribution is 2.42. The molecule has 41 heavy (non-hydrogen) atoms. The molecule has 0 bridgehead atoms. The summed E-state index contributed by atoms with van der Waals surface area (Å²) in [6.07, 6.45) is -5.45. The van der Waals surface area contributed by atoms with E-state index in [0.29, 0.717) is 12.1 Å². The summed E-state index contributed by atoms with van der Waals surface area (Å²) in [5, 5.41) is -0.619. The van der Waals surface area contributed by atoms with Crippen molar-refractivity contribution in [1.82, 2.24) is 14.5 Å². The maximum Gasteiger partial charge on any atom is 0.417 e. The first-order valence-electron chi connectivity index (χ1n) is 13.7. The summed E-state index contributed by atoms with van der Waals surface area (Å²) in [7, 11) is -2.26. The Balaban J connectivity index is 1.95. The fraction of sp³-hybridized carbons (Fsp3) is 0.500. The van der Waals surface area contributed by atoms with Gasteiger partial charge in [-0.1, -0.05) is 45.0 Å². The molecule has 0 radical (unpaired) electrons. The van der Waals surface area contributed by atoms with E-state index in [2.05, 4.69) is 38.8 Å². The van der Waals surface area contributed by atoms with Crippen molar-refractivity contribution >= 4 is 25.3 Å². The van der Waals surface area contributed by atoms with Crippen molar-refractivity contribution in [2.24, 2.45) is 0 Å². The number of ether oxygens (including phenoxy) is 1. The van der Waals surface area contributed by atoms with E-state index < -0.39 is 48.7 Å². The summed E-state index contributed by atoms with van der Waals surface area (Å²) in [6, 6.07) is 11.1. The summed E-state index contributed by atoms with van der Waals surface area (Å²) in [4.78, 5) is 33.7. The lowest BCUT2D eigenvalue weighted by Gasteiger charge is -2.38. The molecule has 1 amide bonds. The molecule has 0 aliphatic carbocycles. The van der Waals surface area contributed by atoms with E-state index in [1.54, 1.807) is 51.1 Å². The SMILES string of the molecule is CC(C)(C)OC(=O)N1C[C@@H](O[Si](C)(C)C(C)(C)C)C[C@H]1c1nc2cccc(C(F)(F)F)c2c(=O)n1-c1ccccc1. The highest BCUT2D eigenvalue weighted by molar-refractivity contribution is 6.74. The van der Waals surface area contributed by atoms with Gasteiger partial charge in [-0.15, -0.1) is 0 Å². The fourth-order valence-corrected chi connectivity index (χ4v) is 6.13. The Morgan fingerprint density at radius 1 is 0.976 bits per heavy atom. The molecule has 1 fully saturated rings. The third-order valence-electron chi connectivity index (χ3n) is 7.70. The van der Waals surface area contributed by atoms with Crippen LogP contribution in [0.2, 0.25) is 18.1 Å². The molecule has 2 atom stereocenters. The number of rotatable bonds is 4. The van der Waals surface area contributed by atoms with E-state index in [4.69, 9.17) is 9.16 Å². The van der Waals surface area contributed by atoms with Crippen LogP contribution in [0.3, 0.4) is 0 Å². The molecule has 0 unspecified atom stereocenters. The predicted molar refractivity (Wildman–Crippen MR) is 155 cm³/mol. The van der Waals surface area contributed by atoms with Gasteiger partial charge in [-0.05, 0) is 63.2 Å². The highest BCUT2D eigenvalue weighted by Gasteiger charge is 2.46. The van der Waals surface area contributed by atoms with E-state index in [0.717, 1.165) is 6.07 Å². The first-order chi connectivity index (χ1) is 18.8. The lowest BCUT2D eigenvalue weighted by Crippen LogP contribution is -2.45. The third kappa shape index (κ3) is 6.35. The van der Waals surface area contributed by atoms with Gasteiger partial charge in [-0.25, -0.2) is 9.78 Å². The van der Waals surface area contributed by atoms with Gasteiger partial charge in [0.05, 0.1) is 34.3 Å². The molecule has 11 heteroatoms. The number of likely N-dealkylation sites (tertiary alicyclic amines) is 1. The molecule has 4 rings (SSSR count). The number of nitrogens with zero attached hydrogens (tertiary/aromatic N) is 3. The number of amides is 1. The predicted octanol–water partition coefficient (Wildman–Crippen LogP) is 7.48. The molecule has 1 saturated heterocycles. The van der Waals surface area contributed by atoms with Crippen LogP contribution in [0, 0.1) is 0 Å². The standard InChI is InChI=1S/C30H38F3N3O4Si/c1-28(2,3)39-27(38)35-18-20(40-41(7,8)29(4,5)6)17-23(35)25-34-22-16-12-15-21(30(31,32)33)24(22)26(37)36(25)19-13-10-9-11-14-19/h9-16,20,23H,17-18H2,1-8H3/t20-,23-/m0/s1. The minimum Gasteiger partial charge on any atom is -0.444 e. The number of para-hydroxylation sites is 1. The third-order valence-corrected chi connectivity index (χ3v) is 12.2. The van der Waals surface area contributed by atoms with Gasteiger partial charge in [0.2, 0.25) is 0 Å². The Kier molecular flexibility index (Phi) is 7.94. The molecule has 0 saturated carbocycles. The number of hydrogen-bond acceptors (Lipinski definition) is 5. The summed E-state index contributed by atoms with van der Waals surface area (Å²) >= 11 is 0. The van der Waals surface area contributed by atoms with E-state index >= 15 is 0 Å². The van der Waals surface area contributed by atoms with Crippen LogP contribution in [-0.2, 0) is 15.3 Å². The molecular formula is C30H38F3N3O4Si. The van der Waals surface area contributed by atoms with Gasteiger partial charge in [-0.3, -0.25) is 14.3 Å². The van der Waals surface area contributed by atoms with Crippen LogP contribution < -0.4 is 5.56 Å². The topological polar surface area (TPSA) is 73.7 Å². The van der Waals surface area contributed by atoms with Gasteiger partial charge < -0.3 is 9.16 Å². The lowest BCUT2D eigenvalue weighted by molar-refractivity contribution is -0.136. The number of halogens is 3. The Hall–Kier alpha value is -3.18. The molecule has 1 aromatic heterocycles. The second kappa shape index (κ2) is 10.6. The molecule has 2 aromatic carbocycles. The van der Waals surface area contributed by atoms with Gasteiger partial charge in [0.15, 0.2) is 8.32 Å². The Morgan fingerprint density at radius 3 is 2.17 bits per heavy atom. The molecule has 2 heterocycles. The summed E-state index contributed by atoms with van der Waals surface area (Å²) in [5.41, 5.74) is -2.46. The first kappa shape index (κ1) is 30.8. The highest BCUT2D eigenvalue weighted by atomic mass is 28.4. The maximum absolute atomic E-state index is 14.0. The minimum absolute atomic E-state index is 0.0927. The average Bonchev–Trinajstić information content (AvgIpc) is 3.25. The molecular weight excluding hydrogens is 551 g/mol. The van der Waals surface area contributed by atoms with Gasteiger partial charge in [0, 0.05) is 13.0 Å². The zero-order chi connectivity index (χ0) is 30.5. The summed E-state index contributed by atoms with van der Waals surface area (Å²) < 4.78 is 55.6. The molecule has 7 nitrogen and oxygen atoms in total. The molecule has 0 N–H and O–H groups in total. The number of alkyl halides is 3. The van der Waals surface area contributed by atoms with Crippen LogP contribution in [0.25, 0.3) is 16.6 Å². The lowest BCUT2D eigenvalue weighted by atomic mass is 10.1. The van der Waals surface area contributed by atoms with E-state index in [9.17, 15) is 22.8 Å². The van der Waals surface area contributed by atoms with Crippen molar-refractivity contribution in [2.75, 3.05) is 6.54 Å². The van der Waals surface area contributed by atoms with Crippen LogP contribution >= 0.6 is 0 Å². The maximum atomic E-state index is 14.0. The molecule has 1 aliphatic rings. The molecule has 1 aliphatic heterocycles. The van der Waals surface area contributed by atoms with Gasteiger partial charge >= 0.3 is 12.3 Å². The zero-order valence-electron chi connectivity index (χ0n) is 24.8. The summed E-state index contributed by atoms with van der Waals surface area (Å²) in [5.74, 6) is 0.153. The largest absolute Gasteiger partial charge is 0.444 e. The number of carbonyl (C=O) groups excluding carboxylic acids is 1. The van der Waals surface area contributed by atoms with E-state index in [-0.39, 0.29) is 29.0 Å². The first-order valence-corrected chi connectivity index (χ1v) is 16.6. The van der Waals surface area contributed by atoms with Gasteiger partial charge in [0.25, 0.3) is 5.56 Å². The summed E-state index contributed by atoms with van der Waals surface area (Å²) in [6.45, 7) is 16.0. The van der Waals surface area contributed by atoms with E-state index in [1.807, 2.05) is 0 Å². The molecule has 0 spiro atoms. The van der Waals surface area contributed by atoms with Crippen molar-refractivity contribution in [3.8, 4) is 5.69 Å². The second-order valence-corrected chi connectivity index (χ2v) is 17.8. The van der Waals surface area contributed by atoms with Crippen LogP contribution in [0.4, 0.5) is 18.0 Å². The Bertz CT molecular complexity index is 1490. The average molecular weight is 590 g/mol. The Morgan fingerprint density at radius 2 is 1.61 bits per heavy atom. The van der Waals surface area contributed by atoms with Crippen LogP contribution in [-0.4, -0.2) is 47.1 Å². The quantitative estimate of drug-likeness (QED) is 0.295. The number of fused-ring (bicyclic) bond motifs is 1. The fourth-order valence-electron chi connectivity index (χ4n) is 4.78. The van der Waals surface area contributed by atoms with Crippen molar-refractivity contribution in [3.05, 3.63) is 70.3 Å². The van der Waals surface area contributed by atoms with Gasteiger partial charge in [-0.2, -0.15) is 13.2 Å². The van der Waals surface area contributed by atoms with Crippen molar-refractivity contribution in [1.29, 1.82) is 0 Å². The Labute approximate surface area is 239 Å². The van der Waals surface area contributed by atoms with Crippen molar-refractivity contribution < 1.29 is 27.1 Å².